The van der Waals surface area contributed by atoms with Crippen LogP contribution >= 0.6 is 0 Å². The molecule has 5 atom stereocenters. The first kappa shape index (κ1) is 22.4. The lowest BCUT2D eigenvalue weighted by Gasteiger charge is -2.33. The van der Waals surface area contributed by atoms with Crippen molar-refractivity contribution in [2.45, 2.75) is 83.7 Å². The van der Waals surface area contributed by atoms with E-state index in [2.05, 4.69) is 12.7 Å². The number of ether oxygens (including phenoxy) is 2. The molecule has 6 heteroatoms. The number of carbonyl (C=O) groups excluding carboxylic acids is 2. The Hall–Kier alpha value is -1.92. The Morgan fingerprint density at radius 3 is 2.64 bits per heavy atom. The number of allylic oxidation sites excluding steroid dienone is 3. The molecule has 2 N–H and O–H groups in total. The fraction of sp³-hybridized carbons (Fsp3) is 0.636. The van der Waals surface area contributed by atoms with Gasteiger partial charge in [-0.2, -0.15) is 0 Å². The molecule has 0 spiro atoms. The van der Waals surface area contributed by atoms with Gasteiger partial charge in [-0.05, 0) is 58.4 Å². The van der Waals surface area contributed by atoms with Gasteiger partial charge >= 0.3 is 11.9 Å². The summed E-state index contributed by atoms with van der Waals surface area (Å²) in [6.07, 6.45) is 4.19. The summed E-state index contributed by atoms with van der Waals surface area (Å²) in [4.78, 5) is 23.9. The summed E-state index contributed by atoms with van der Waals surface area (Å²) in [5, 5.41) is 21.4. The van der Waals surface area contributed by atoms with E-state index < -0.39 is 41.8 Å². The van der Waals surface area contributed by atoms with Crippen LogP contribution in [0.5, 0.6) is 0 Å². The Kier molecular flexibility index (Phi) is 7.23. The average molecular weight is 392 g/mol. The quantitative estimate of drug-likeness (QED) is 0.405. The van der Waals surface area contributed by atoms with Crippen molar-refractivity contribution < 1.29 is 29.3 Å². The van der Waals surface area contributed by atoms with Crippen molar-refractivity contribution in [2.75, 3.05) is 0 Å². The molecule has 0 amide bonds. The van der Waals surface area contributed by atoms with Crippen LogP contribution < -0.4 is 0 Å². The first-order valence-corrected chi connectivity index (χ1v) is 9.82. The fourth-order valence-electron chi connectivity index (χ4n) is 3.80. The third-order valence-corrected chi connectivity index (χ3v) is 5.73. The van der Waals surface area contributed by atoms with E-state index in [1.165, 1.54) is 12.5 Å². The highest BCUT2D eigenvalue weighted by Crippen LogP contribution is 2.38. The summed E-state index contributed by atoms with van der Waals surface area (Å²) in [5.74, 6) is -1.59. The fourth-order valence-corrected chi connectivity index (χ4v) is 3.80. The summed E-state index contributed by atoms with van der Waals surface area (Å²) in [5.41, 5.74) is 0.888. The Morgan fingerprint density at radius 1 is 1.32 bits per heavy atom. The maximum atomic E-state index is 12.2. The Bertz CT molecular complexity index is 687. The normalized spacial score (nSPS) is 35.2. The van der Waals surface area contributed by atoms with Crippen LogP contribution in [0.3, 0.4) is 0 Å². The van der Waals surface area contributed by atoms with Gasteiger partial charge in [0, 0.05) is 18.4 Å². The molecule has 6 nitrogen and oxygen atoms in total. The maximum absolute atomic E-state index is 12.2. The van der Waals surface area contributed by atoms with Crippen LogP contribution in [0.2, 0.25) is 0 Å². The number of esters is 2. The Labute approximate surface area is 166 Å². The minimum absolute atomic E-state index is 0.0932. The molecule has 28 heavy (non-hydrogen) atoms. The topological polar surface area (TPSA) is 93.1 Å². The molecule has 2 rings (SSSR count). The van der Waals surface area contributed by atoms with E-state index in [1.807, 2.05) is 19.9 Å². The second-order valence-corrected chi connectivity index (χ2v) is 8.22. The molecule has 0 bridgehead atoms. The first-order chi connectivity index (χ1) is 13.0. The summed E-state index contributed by atoms with van der Waals surface area (Å²) < 4.78 is 11.0. The summed E-state index contributed by atoms with van der Waals surface area (Å²) in [6, 6.07) is 0. The van der Waals surface area contributed by atoms with Gasteiger partial charge in [-0.15, -0.1) is 0 Å². The van der Waals surface area contributed by atoms with Gasteiger partial charge in [-0.3, -0.25) is 4.79 Å². The van der Waals surface area contributed by atoms with Gasteiger partial charge in [0.25, 0.3) is 0 Å². The Morgan fingerprint density at radius 2 is 2.00 bits per heavy atom. The predicted molar refractivity (Wildman–Crippen MR) is 105 cm³/mol. The zero-order valence-electron chi connectivity index (χ0n) is 17.2. The molecule has 1 aliphatic carbocycles. The van der Waals surface area contributed by atoms with Crippen molar-refractivity contribution in [1.82, 2.24) is 0 Å². The minimum atomic E-state index is -1.32. The molecular formula is C22H32O6. The highest BCUT2D eigenvalue weighted by molar-refractivity contribution is 5.91. The van der Waals surface area contributed by atoms with Gasteiger partial charge in [-0.25, -0.2) is 4.79 Å². The number of fused-ring (bicyclic) bond motifs is 1. The minimum Gasteiger partial charge on any atom is -0.454 e. The second kappa shape index (κ2) is 9.05. The van der Waals surface area contributed by atoms with E-state index in [4.69, 9.17) is 9.47 Å². The lowest BCUT2D eigenvalue weighted by Crippen LogP contribution is -2.43. The monoisotopic (exact) mass is 392 g/mol. The van der Waals surface area contributed by atoms with E-state index in [0.717, 1.165) is 18.4 Å². The number of aliphatic hydroxyl groups excluding tert-OH is 1. The van der Waals surface area contributed by atoms with Crippen LogP contribution in [-0.2, 0) is 19.1 Å². The van der Waals surface area contributed by atoms with Crippen molar-refractivity contribution in [1.29, 1.82) is 0 Å². The third kappa shape index (κ3) is 5.32. The predicted octanol–water partition coefficient (Wildman–Crippen LogP) is 2.98. The molecule has 0 saturated carbocycles. The number of carbonyl (C=O) groups is 2. The van der Waals surface area contributed by atoms with Crippen molar-refractivity contribution in [3.63, 3.8) is 0 Å². The number of hydrogen-bond acceptors (Lipinski definition) is 6. The van der Waals surface area contributed by atoms with Gasteiger partial charge in [0.05, 0.1) is 11.7 Å². The standard InChI is InChI=1S/C22H32O6/c1-13-8-6-10-14(2)19(27-16(4)23)20-17(15(3)21(25)28-20)12-18(24)22(5,26)11-7-9-13/h9-10,17-20,24,26H,3,6-8,11-12H2,1-2,4-5H3. The first-order valence-electron chi connectivity index (χ1n) is 9.82. The van der Waals surface area contributed by atoms with E-state index in [-0.39, 0.29) is 12.0 Å². The van der Waals surface area contributed by atoms with E-state index in [1.54, 1.807) is 6.92 Å². The van der Waals surface area contributed by atoms with Crippen LogP contribution in [0.1, 0.15) is 59.8 Å². The second-order valence-electron chi connectivity index (χ2n) is 8.22. The lowest BCUT2D eigenvalue weighted by atomic mass is 9.80. The SMILES string of the molecule is C=C1C(=O)OC2C1CC(O)C(C)(O)CCC=C(C)CCC=C(C)C2OC(C)=O. The summed E-state index contributed by atoms with van der Waals surface area (Å²) >= 11 is 0. The molecule has 2 aliphatic rings. The van der Waals surface area contributed by atoms with Crippen molar-refractivity contribution in [3.05, 3.63) is 35.5 Å². The number of hydrogen-bond donors (Lipinski definition) is 2. The van der Waals surface area contributed by atoms with Gasteiger partial charge in [0.2, 0.25) is 0 Å². The van der Waals surface area contributed by atoms with Crippen LogP contribution in [0, 0.1) is 5.92 Å². The number of aliphatic hydroxyl groups is 2. The van der Waals surface area contributed by atoms with Crippen LogP contribution in [0.4, 0.5) is 0 Å². The summed E-state index contributed by atoms with van der Waals surface area (Å²) in [7, 11) is 0. The Balaban J connectivity index is 2.43. The van der Waals surface area contributed by atoms with E-state index in [9.17, 15) is 19.8 Å². The molecule has 1 aliphatic heterocycles. The number of rotatable bonds is 1. The van der Waals surface area contributed by atoms with Crippen LogP contribution in [-0.4, -0.2) is 46.1 Å². The smallest absolute Gasteiger partial charge is 0.334 e. The molecule has 0 aromatic carbocycles. The van der Waals surface area contributed by atoms with Crippen molar-refractivity contribution >= 4 is 11.9 Å². The largest absolute Gasteiger partial charge is 0.454 e. The van der Waals surface area contributed by atoms with Crippen molar-refractivity contribution in [3.8, 4) is 0 Å². The zero-order valence-corrected chi connectivity index (χ0v) is 17.2. The molecule has 1 heterocycles. The average Bonchev–Trinajstić information content (AvgIpc) is 2.86. The molecule has 1 saturated heterocycles. The van der Waals surface area contributed by atoms with Gasteiger partial charge in [-0.1, -0.05) is 24.3 Å². The third-order valence-electron chi connectivity index (χ3n) is 5.73. The molecule has 156 valence electrons. The van der Waals surface area contributed by atoms with Crippen molar-refractivity contribution in [2.24, 2.45) is 5.92 Å². The summed E-state index contributed by atoms with van der Waals surface area (Å²) in [6.45, 7) is 10.6. The molecule has 0 radical (unpaired) electrons. The van der Waals surface area contributed by atoms with Gasteiger partial charge in [0.15, 0.2) is 6.10 Å². The molecule has 0 aromatic heterocycles. The van der Waals surface area contributed by atoms with Crippen LogP contribution in [0.15, 0.2) is 35.5 Å². The lowest BCUT2D eigenvalue weighted by molar-refractivity contribution is -0.158. The van der Waals surface area contributed by atoms with Gasteiger partial charge < -0.3 is 19.7 Å². The molecule has 1 fully saturated rings. The molecule has 5 unspecified atom stereocenters. The maximum Gasteiger partial charge on any atom is 0.334 e. The van der Waals surface area contributed by atoms with E-state index in [0.29, 0.717) is 12.8 Å². The molecular weight excluding hydrogens is 360 g/mol. The zero-order chi connectivity index (χ0) is 21.1. The highest BCUT2D eigenvalue weighted by atomic mass is 16.6. The van der Waals surface area contributed by atoms with Gasteiger partial charge in [0.1, 0.15) is 6.10 Å². The highest BCUT2D eigenvalue weighted by Gasteiger charge is 2.47. The van der Waals surface area contributed by atoms with E-state index >= 15 is 0 Å². The molecule has 0 aromatic rings. The van der Waals surface area contributed by atoms with Crippen LogP contribution in [0.25, 0.3) is 0 Å².